The highest BCUT2D eigenvalue weighted by atomic mass is 16.5. The molecule has 2 aromatic rings. The van der Waals surface area contributed by atoms with Gasteiger partial charge in [-0.15, -0.1) is 5.10 Å². The number of ether oxygens (including phenoxy) is 2. The molecule has 98 valence electrons. The third kappa shape index (κ3) is 2.41. The SMILES string of the molecule is COC(=O)c1ncn(-c2ncccc2C(=O)OC)n1. The Bertz CT molecular complexity index is 623. The second kappa shape index (κ2) is 5.25. The van der Waals surface area contributed by atoms with Gasteiger partial charge in [0.1, 0.15) is 11.9 Å². The summed E-state index contributed by atoms with van der Waals surface area (Å²) in [6, 6.07) is 3.13. The van der Waals surface area contributed by atoms with E-state index in [1.807, 2.05) is 0 Å². The summed E-state index contributed by atoms with van der Waals surface area (Å²) >= 11 is 0. The maximum absolute atomic E-state index is 11.6. The summed E-state index contributed by atoms with van der Waals surface area (Å²) in [6.07, 6.45) is 2.75. The molecular weight excluding hydrogens is 252 g/mol. The van der Waals surface area contributed by atoms with Crippen LogP contribution in [0.5, 0.6) is 0 Å². The number of carbonyl (C=O) groups is 2. The van der Waals surface area contributed by atoms with E-state index in [-0.39, 0.29) is 17.2 Å². The number of methoxy groups -OCH3 is 2. The molecule has 0 amide bonds. The number of carbonyl (C=O) groups excluding carboxylic acids is 2. The third-order valence-corrected chi connectivity index (χ3v) is 2.27. The molecule has 0 aliphatic carbocycles. The van der Waals surface area contributed by atoms with E-state index in [0.29, 0.717) is 0 Å². The van der Waals surface area contributed by atoms with Gasteiger partial charge in [-0.2, -0.15) is 0 Å². The summed E-state index contributed by atoms with van der Waals surface area (Å²) < 4.78 is 10.3. The summed E-state index contributed by atoms with van der Waals surface area (Å²) in [4.78, 5) is 30.6. The number of hydrogen-bond acceptors (Lipinski definition) is 7. The predicted octanol–water partition coefficient (Wildman–Crippen LogP) is 0.236. The van der Waals surface area contributed by atoms with Crippen molar-refractivity contribution in [2.75, 3.05) is 14.2 Å². The summed E-state index contributed by atoms with van der Waals surface area (Å²) in [7, 11) is 2.49. The average molecular weight is 262 g/mol. The number of rotatable bonds is 3. The normalized spacial score (nSPS) is 10.0. The fourth-order valence-electron chi connectivity index (χ4n) is 1.40. The largest absolute Gasteiger partial charge is 0.465 e. The van der Waals surface area contributed by atoms with Crippen LogP contribution in [0.4, 0.5) is 0 Å². The first-order valence-corrected chi connectivity index (χ1v) is 5.21. The fourth-order valence-corrected chi connectivity index (χ4v) is 1.40. The topological polar surface area (TPSA) is 96.2 Å². The van der Waals surface area contributed by atoms with Crippen molar-refractivity contribution in [1.29, 1.82) is 0 Å². The Morgan fingerprint density at radius 1 is 1.16 bits per heavy atom. The Hall–Kier alpha value is -2.77. The third-order valence-electron chi connectivity index (χ3n) is 2.27. The van der Waals surface area contributed by atoms with Crippen LogP contribution in [0, 0.1) is 0 Å². The van der Waals surface area contributed by atoms with Crippen LogP contribution in [0.25, 0.3) is 5.82 Å². The van der Waals surface area contributed by atoms with Crippen molar-refractivity contribution in [2.24, 2.45) is 0 Å². The maximum Gasteiger partial charge on any atom is 0.377 e. The Kier molecular flexibility index (Phi) is 3.51. The van der Waals surface area contributed by atoms with Gasteiger partial charge in [-0.3, -0.25) is 0 Å². The number of nitrogens with zero attached hydrogens (tertiary/aromatic N) is 4. The number of esters is 2. The molecule has 0 aromatic carbocycles. The molecular formula is C11H10N4O4. The first-order chi connectivity index (χ1) is 9.17. The monoisotopic (exact) mass is 262 g/mol. The first-order valence-electron chi connectivity index (χ1n) is 5.21. The van der Waals surface area contributed by atoms with Crippen molar-refractivity contribution < 1.29 is 19.1 Å². The molecule has 0 saturated heterocycles. The Labute approximate surface area is 108 Å². The number of aromatic nitrogens is 4. The zero-order valence-corrected chi connectivity index (χ0v) is 10.2. The first kappa shape index (κ1) is 12.7. The molecule has 2 heterocycles. The molecule has 2 aromatic heterocycles. The van der Waals surface area contributed by atoms with Crippen molar-refractivity contribution in [1.82, 2.24) is 19.7 Å². The zero-order chi connectivity index (χ0) is 13.8. The molecule has 19 heavy (non-hydrogen) atoms. The van der Waals surface area contributed by atoms with Crippen LogP contribution in [-0.4, -0.2) is 45.9 Å². The molecule has 0 unspecified atom stereocenters. The van der Waals surface area contributed by atoms with Gasteiger partial charge < -0.3 is 9.47 Å². The molecule has 0 aliphatic heterocycles. The van der Waals surface area contributed by atoms with Gasteiger partial charge in [-0.1, -0.05) is 0 Å². The fraction of sp³-hybridized carbons (Fsp3) is 0.182. The molecule has 8 nitrogen and oxygen atoms in total. The van der Waals surface area contributed by atoms with Gasteiger partial charge >= 0.3 is 11.9 Å². The quantitative estimate of drug-likeness (QED) is 0.730. The molecule has 0 saturated carbocycles. The van der Waals surface area contributed by atoms with E-state index >= 15 is 0 Å². The minimum absolute atomic E-state index is 0.121. The Morgan fingerprint density at radius 3 is 2.58 bits per heavy atom. The van der Waals surface area contributed by atoms with Crippen LogP contribution in [0.1, 0.15) is 21.0 Å². The van der Waals surface area contributed by atoms with Crippen LogP contribution in [-0.2, 0) is 9.47 Å². The van der Waals surface area contributed by atoms with Crippen molar-refractivity contribution in [3.8, 4) is 5.82 Å². The number of hydrogen-bond donors (Lipinski definition) is 0. The van der Waals surface area contributed by atoms with Crippen LogP contribution < -0.4 is 0 Å². The number of pyridine rings is 1. The molecule has 0 bridgehead atoms. The van der Waals surface area contributed by atoms with E-state index in [1.165, 1.54) is 37.5 Å². The molecule has 2 rings (SSSR count). The smallest absolute Gasteiger partial charge is 0.377 e. The van der Waals surface area contributed by atoms with Gasteiger partial charge in [0.15, 0.2) is 5.82 Å². The van der Waals surface area contributed by atoms with Crippen LogP contribution in [0.2, 0.25) is 0 Å². The summed E-state index contributed by atoms with van der Waals surface area (Å²) in [5.41, 5.74) is 0.214. The summed E-state index contributed by atoms with van der Waals surface area (Å²) in [6.45, 7) is 0. The van der Waals surface area contributed by atoms with Gasteiger partial charge in [0, 0.05) is 6.20 Å². The van der Waals surface area contributed by atoms with Crippen molar-refractivity contribution in [3.05, 3.63) is 36.0 Å². The van der Waals surface area contributed by atoms with Gasteiger partial charge in [-0.05, 0) is 12.1 Å². The highest BCUT2D eigenvalue weighted by Gasteiger charge is 2.17. The van der Waals surface area contributed by atoms with E-state index in [9.17, 15) is 9.59 Å². The van der Waals surface area contributed by atoms with E-state index in [0.717, 1.165) is 0 Å². The van der Waals surface area contributed by atoms with Gasteiger partial charge in [0.25, 0.3) is 5.82 Å². The van der Waals surface area contributed by atoms with E-state index in [1.54, 1.807) is 6.07 Å². The van der Waals surface area contributed by atoms with E-state index in [2.05, 4.69) is 24.5 Å². The van der Waals surface area contributed by atoms with Gasteiger partial charge in [0.05, 0.1) is 14.2 Å². The lowest BCUT2D eigenvalue weighted by Gasteiger charge is -2.05. The molecule has 0 radical (unpaired) electrons. The lowest BCUT2D eigenvalue weighted by atomic mass is 10.2. The highest BCUT2D eigenvalue weighted by Crippen LogP contribution is 2.11. The second-order valence-corrected chi connectivity index (χ2v) is 3.37. The molecule has 0 N–H and O–H groups in total. The molecule has 0 atom stereocenters. The van der Waals surface area contributed by atoms with E-state index < -0.39 is 11.9 Å². The van der Waals surface area contributed by atoms with Crippen molar-refractivity contribution in [3.63, 3.8) is 0 Å². The molecule has 0 aliphatic rings. The van der Waals surface area contributed by atoms with E-state index in [4.69, 9.17) is 0 Å². The van der Waals surface area contributed by atoms with Gasteiger partial charge in [0.2, 0.25) is 0 Å². The van der Waals surface area contributed by atoms with Gasteiger partial charge in [-0.25, -0.2) is 24.2 Å². The lowest BCUT2D eigenvalue weighted by Crippen LogP contribution is -2.11. The summed E-state index contributed by atoms with van der Waals surface area (Å²) in [5.74, 6) is -1.13. The van der Waals surface area contributed by atoms with Crippen molar-refractivity contribution >= 4 is 11.9 Å². The molecule has 0 spiro atoms. The zero-order valence-electron chi connectivity index (χ0n) is 10.2. The average Bonchev–Trinajstić information content (AvgIpc) is 2.95. The lowest BCUT2D eigenvalue weighted by molar-refractivity contribution is 0.0584. The molecule has 8 heteroatoms. The molecule has 0 fully saturated rings. The highest BCUT2D eigenvalue weighted by molar-refractivity contribution is 5.92. The van der Waals surface area contributed by atoms with Crippen molar-refractivity contribution in [2.45, 2.75) is 0 Å². The minimum Gasteiger partial charge on any atom is -0.465 e. The standard InChI is InChI=1S/C11H10N4O4/c1-18-10(16)7-4-3-5-12-9(7)15-6-13-8(14-15)11(17)19-2/h3-6H,1-2H3. The van der Waals surface area contributed by atoms with Crippen LogP contribution >= 0.6 is 0 Å². The Balaban J connectivity index is 2.45. The Morgan fingerprint density at radius 2 is 1.89 bits per heavy atom. The summed E-state index contributed by atoms with van der Waals surface area (Å²) in [5, 5.41) is 3.89. The predicted molar refractivity (Wildman–Crippen MR) is 61.8 cm³/mol. The van der Waals surface area contributed by atoms with Crippen LogP contribution in [0.3, 0.4) is 0 Å². The maximum atomic E-state index is 11.6. The second-order valence-electron chi connectivity index (χ2n) is 3.37. The minimum atomic E-state index is -0.672. The van der Waals surface area contributed by atoms with Crippen LogP contribution in [0.15, 0.2) is 24.7 Å².